The molecule has 0 radical (unpaired) electrons. The molecule has 0 saturated carbocycles. The van der Waals surface area contributed by atoms with Crippen LogP contribution in [0, 0.1) is 0 Å². The van der Waals surface area contributed by atoms with E-state index < -0.39 is 0 Å². The van der Waals surface area contributed by atoms with Gasteiger partial charge in [-0.15, -0.1) is 0 Å². The van der Waals surface area contributed by atoms with Crippen molar-refractivity contribution in [3.8, 4) is 11.5 Å². The molecule has 2 rings (SSSR count). The number of benzene rings is 2. The fourth-order valence-electron chi connectivity index (χ4n) is 1.70. The average Bonchev–Trinajstić information content (AvgIpc) is 2.48. The first-order valence-electron chi connectivity index (χ1n) is 6.21. The van der Waals surface area contributed by atoms with Gasteiger partial charge in [-0.3, -0.25) is 4.79 Å². The van der Waals surface area contributed by atoms with Crippen molar-refractivity contribution in [2.24, 2.45) is 0 Å². The van der Waals surface area contributed by atoms with Crippen LogP contribution in [0.4, 0.5) is 11.4 Å². The molecule has 110 valence electrons. The summed E-state index contributed by atoms with van der Waals surface area (Å²) in [5.74, 6) is 0.738. The van der Waals surface area contributed by atoms with E-state index in [4.69, 9.17) is 26.8 Å². The Balaban J connectivity index is 1.96. The lowest BCUT2D eigenvalue weighted by Crippen LogP contribution is -2.20. The molecule has 2 aromatic rings. The summed E-state index contributed by atoms with van der Waals surface area (Å²) in [5.41, 5.74) is 6.61. The molecule has 1 amide bonds. The third-order valence-corrected chi connectivity index (χ3v) is 3.01. The van der Waals surface area contributed by atoms with Gasteiger partial charge in [0.2, 0.25) is 0 Å². The first-order chi connectivity index (χ1) is 10.1. The molecular formula is C15H15ClN2O3. The molecule has 3 N–H and O–H groups in total. The average molecular weight is 307 g/mol. The van der Waals surface area contributed by atoms with Gasteiger partial charge in [-0.1, -0.05) is 23.7 Å². The number of nitrogen functional groups attached to an aromatic ring is 1. The number of hydrogen-bond acceptors (Lipinski definition) is 4. The summed E-state index contributed by atoms with van der Waals surface area (Å²) >= 11 is 5.98. The zero-order chi connectivity index (χ0) is 15.2. The molecule has 5 nitrogen and oxygen atoms in total. The van der Waals surface area contributed by atoms with Crippen molar-refractivity contribution in [2.45, 2.75) is 0 Å². The quantitative estimate of drug-likeness (QED) is 0.833. The van der Waals surface area contributed by atoms with E-state index in [2.05, 4.69) is 5.32 Å². The third-order valence-electron chi connectivity index (χ3n) is 2.70. The Labute approximate surface area is 127 Å². The Morgan fingerprint density at radius 1 is 1.24 bits per heavy atom. The summed E-state index contributed by atoms with van der Waals surface area (Å²) in [7, 11) is 1.54. The van der Waals surface area contributed by atoms with Crippen LogP contribution in [0.3, 0.4) is 0 Å². The highest BCUT2D eigenvalue weighted by Crippen LogP contribution is 2.26. The Morgan fingerprint density at radius 3 is 2.62 bits per heavy atom. The zero-order valence-electron chi connectivity index (χ0n) is 11.4. The smallest absolute Gasteiger partial charge is 0.262 e. The van der Waals surface area contributed by atoms with Crippen LogP contribution < -0.4 is 20.5 Å². The van der Waals surface area contributed by atoms with Crippen LogP contribution in [-0.2, 0) is 4.79 Å². The van der Waals surface area contributed by atoms with Gasteiger partial charge in [0.15, 0.2) is 18.1 Å². The molecule has 0 aliphatic heterocycles. The van der Waals surface area contributed by atoms with E-state index >= 15 is 0 Å². The van der Waals surface area contributed by atoms with Gasteiger partial charge in [0.25, 0.3) is 5.91 Å². The van der Waals surface area contributed by atoms with E-state index in [1.165, 1.54) is 7.11 Å². The lowest BCUT2D eigenvalue weighted by Gasteiger charge is -2.11. The molecule has 0 atom stereocenters. The van der Waals surface area contributed by atoms with Crippen molar-refractivity contribution in [2.75, 3.05) is 24.8 Å². The SMILES string of the molecule is COc1ccccc1OCC(=O)Nc1ccc(N)cc1Cl. The standard InChI is InChI=1S/C15H15ClN2O3/c1-20-13-4-2-3-5-14(13)21-9-15(19)18-12-7-6-10(17)8-11(12)16/h2-8H,9,17H2,1H3,(H,18,19). The van der Waals surface area contributed by atoms with Crippen LogP contribution in [0.25, 0.3) is 0 Å². The number of nitrogens with two attached hydrogens (primary N) is 1. The number of amides is 1. The number of ether oxygens (including phenoxy) is 2. The maximum absolute atomic E-state index is 11.9. The van der Waals surface area contributed by atoms with Crippen LogP contribution in [0.5, 0.6) is 11.5 Å². The highest BCUT2D eigenvalue weighted by molar-refractivity contribution is 6.34. The molecule has 6 heteroatoms. The van der Waals surface area contributed by atoms with Crippen molar-refractivity contribution in [3.63, 3.8) is 0 Å². The van der Waals surface area contributed by atoms with Crippen LogP contribution in [0.1, 0.15) is 0 Å². The van der Waals surface area contributed by atoms with Gasteiger partial charge < -0.3 is 20.5 Å². The largest absolute Gasteiger partial charge is 0.493 e. The minimum Gasteiger partial charge on any atom is -0.493 e. The van der Waals surface area contributed by atoms with Crippen LogP contribution in [0.15, 0.2) is 42.5 Å². The molecule has 0 aromatic heterocycles. The van der Waals surface area contributed by atoms with Gasteiger partial charge in [-0.2, -0.15) is 0 Å². The van der Waals surface area contributed by atoms with E-state index in [-0.39, 0.29) is 12.5 Å². The first kappa shape index (κ1) is 15.0. The fraction of sp³-hybridized carbons (Fsp3) is 0.133. The predicted octanol–water partition coefficient (Wildman–Crippen LogP) is 2.95. The molecule has 2 aromatic carbocycles. The van der Waals surface area contributed by atoms with E-state index in [1.807, 2.05) is 6.07 Å². The number of methoxy groups -OCH3 is 1. The summed E-state index contributed by atoms with van der Waals surface area (Å²) in [5, 5.41) is 3.03. The van der Waals surface area contributed by atoms with Crippen molar-refractivity contribution in [1.29, 1.82) is 0 Å². The second-order valence-corrected chi connectivity index (χ2v) is 4.63. The van der Waals surface area contributed by atoms with E-state index in [0.29, 0.717) is 27.9 Å². The number of anilines is 2. The molecule has 0 fully saturated rings. The Bertz CT molecular complexity index is 647. The number of nitrogens with one attached hydrogen (secondary N) is 1. The number of para-hydroxylation sites is 2. The Kier molecular flexibility index (Phi) is 4.90. The van der Waals surface area contributed by atoms with Gasteiger partial charge >= 0.3 is 0 Å². The molecule has 0 unspecified atom stereocenters. The maximum atomic E-state index is 11.9. The Morgan fingerprint density at radius 2 is 1.95 bits per heavy atom. The Hall–Kier alpha value is -2.40. The number of carbonyl (C=O) groups is 1. The first-order valence-corrected chi connectivity index (χ1v) is 6.58. The van der Waals surface area contributed by atoms with Gasteiger partial charge in [-0.25, -0.2) is 0 Å². The van der Waals surface area contributed by atoms with Gasteiger partial charge in [-0.05, 0) is 30.3 Å². The van der Waals surface area contributed by atoms with E-state index in [0.717, 1.165) is 0 Å². The minimum absolute atomic E-state index is 0.152. The lowest BCUT2D eigenvalue weighted by atomic mass is 10.3. The fourth-order valence-corrected chi connectivity index (χ4v) is 1.94. The molecule has 0 saturated heterocycles. The molecule has 0 heterocycles. The minimum atomic E-state index is -0.326. The lowest BCUT2D eigenvalue weighted by molar-refractivity contribution is -0.118. The van der Waals surface area contributed by atoms with E-state index in [9.17, 15) is 4.79 Å². The topological polar surface area (TPSA) is 73.6 Å². The second kappa shape index (κ2) is 6.85. The monoisotopic (exact) mass is 306 g/mol. The summed E-state index contributed by atoms with van der Waals surface area (Å²) < 4.78 is 10.6. The summed E-state index contributed by atoms with van der Waals surface area (Å²) in [6.07, 6.45) is 0. The molecule has 0 bridgehead atoms. The molecule has 0 spiro atoms. The van der Waals surface area contributed by atoms with Crippen molar-refractivity contribution >= 4 is 28.9 Å². The van der Waals surface area contributed by atoms with Crippen molar-refractivity contribution < 1.29 is 14.3 Å². The van der Waals surface area contributed by atoms with Crippen LogP contribution in [0.2, 0.25) is 5.02 Å². The highest BCUT2D eigenvalue weighted by atomic mass is 35.5. The van der Waals surface area contributed by atoms with Gasteiger partial charge in [0.05, 0.1) is 17.8 Å². The van der Waals surface area contributed by atoms with Gasteiger partial charge in [0, 0.05) is 5.69 Å². The highest BCUT2D eigenvalue weighted by Gasteiger charge is 2.09. The second-order valence-electron chi connectivity index (χ2n) is 4.23. The summed E-state index contributed by atoms with van der Waals surface area (Å²) in [6.45, 7) is -0.152. The van der Waals surface area contributed by atoms with Gasteiger partial charge in [0.1, 0.15) is 0 Å². The molecule has 0 aliphatic rings. The van der Waals surface area contributed by atoms with Crippen LogP contribution >= 0.6 is 11.6 Å². The molecular weight excluding hydrogens is 292 g/mol. The number of halogens is 1. The number of carbonyl (C=O) groups excluding carboxylic acids is 1. The molecule has 0 aliphatic carbocycles. The maximum Gasteiger partial charge on any atom is 0.262 e. The van der Waals surface area contributed by atoms with Crippen LogP contribution in [-0.4, -0.2) is 19.6 Å². The summed E-state index contributed by atoms with van der Waals surface area (Å²) in [4.78, 5) is 11.9. The third kappa shape index (κ3) is 4.03. The summed E-state index contributed by atoms with van der Waals surface area (Å²) in [6, 6.07) is 12.0. The number of hydrogen-bond donors (Lipinski definition) is 2. The van der Waals surface area contributed by atoms with Crippen molar-refractivity contribution in [3.05, 3.63) is 47.5 Å². The van der Waals surface area contributed by atoms with E-state index in [1.54, 1.807) is 36.4 Å². The predicted molar refractivity (Wildman–Crippen MR) is 83.0 cm³/mol. The normalized spacial score (nSPS) is 10.0. The zero-order valence-corrected chi connectivity index (χ0v) is 12.2. The van der Waals surface area contributed by atoms with Crippen molar-refractivity contribution in [1.82, 2.24) is 0 Å². The molecule has 21 heavy (non-hydrogen) atoms. The number of rotatable bonds is 5.